The van der Waals surface area contributed by atoms with Gasteiger partial charge in [-0.05, 0) is 24.3 Å². The Morgan fingerprint density at radius 3 is 1.05 bits per heavy atom. The van der Waals surface area contributed by atoms with Crippen LogP contribution in [0.15, 0.2) is 48.5 Å². The number of benzene rings is 2. The molecule has 0 saturated carbocycles. The molecule has 2 aromatic carbocycles. The van der Waals surface area contributed by atoms with Gasteiger partial charge < -0.3 is 18.9 Å². The van der Waals surface area contributed by atoms with Crippen molar-refractivity contribution in [1.82, 2.24) is 0 Å². The zero-order valence-corrected chi connectivity index (χ0v) is 11.3. The van der Waals surface area contributed by atoms with Gasteiger partial charge in [-0.15, -0.1) is 0 Å². The lowest BCUT2D eigenvalue weighted by atomic mass is 10.1. The number of para-hydroxylation sites is 4. The fourth-order valence-corrected chi connectivity index (χ4v) is 2.49. The Hall–Kier alpha value is -2.36. The molecule has 0 spiro atoms. The average Bonchev–Trinajstić information content (AvgIpc) is 2.96. The lowest BCUT2D eigenvalue weighted by Gasteiger charge is -2.36. The summed E-state index contributed by atoms with van der Waals surface area (Å²) in [5.41, 5.74) is 0. The third-order valence-electron chi connectivity index (χ3n) is 3.74. The summed E-state index contributed by atoms with van der Waals surface area (Å²) < 4.78 is 23.8. The van der Waals surface area contributed by atoms with Gasteiger partial charge in [0.15, 0.2) is 23.0 Å². The van der Waals surface area contributed by atoms with E-state index in [4.69, 9.17) is 18.9 Å². The molecule has 0 bridgehead atoms. The molecule has 2 aliphatic heterocycles. The lowest BCUT2D eigenvalue weighted by Crippen LogP contribution is -2.61. The predicted octanol–water partition coefficient (Wildman–Crippen LogP) is 3.36. The van der Waals surface area contributed by atoms with E-state index in [-0.39, 0.29) is 0 Å². The van der Waals surface area contributed by atoms with E-state index in [9.17, 15) is 0 Å². The monoisotopic (exact) mass is 270 g/mol. The van der Waals surface area contributed by atoms with E-state index in [1.807, 2.05) is 62.4 Å². The van der Waals surface area contributed by atoms with E-state index in [0.717, 1.165) is 0 Å². The molecule has 0 aliphatic carbocycles. The Labute approximate surface area is 116 Å². The van der Waals surface area contributed by atoms with Gasteiger partial charge in [-0.2, -0.15) is 0 Å². The van der Waals surface area contributed by atoms with Gasteiger partial charge >= 0.3 is 11.6 Å². The molecule has 0 radical (unpaired) electrons. The van der Waals surface area contributed by atoms with Crippen molar-refractivity contribution in [3.8, 4) is 23.0 Å². The second-order valence-corrected chi connectivity index (χ2v) is 5.19. The molecule has 0 aromatic heterocycles. The van der Waals surface area contributed by atoms with Gasteiger partial charge in [0.2, 0.25) is 0 Å². The summed E-state index contributed by atoms with van der Waals surface area (Å²) in [5.74, 6) is 0.684. The van der Waals surface area contributed by atoms with Crippen LogP contribution in [0.5, 0.6) is 23.0 Å². The highest BCUT2D eigenvalue weighted by Gasteiger charge is 2.60. The van der Waals surface area contributed by atoms with Crippen molar-refractivity contribution in [2.75, 3.05) is 0 Å². The van der Waals surface area contributed by atoms with Crippen molar-refractivity contribution in [3.63, 3.8) is 0 Å². The molecule has 102 valence electrons. The number of fused-ring (bicyclic) bond motifs is 2. The maximum atomic E-state index is 5.94. The number of hydrogen-bond acceptors (Lipinski definition) is 4. The highest BCUT2D eigenvalue weighted by atomic mass is 16.8. The molecule has 2 heterocycles. The normalized spacial score (nSPS) is 19.9. The van der Waals surface area contributed by atoms with E-state index in [0.29, 0.717) is 23.0 Å². The number of ether oxygens (including phenoxy) is 4. The first-order valence-electron chi connectivity index (χ1n) is 6.54. The van der Waals surface area contributed by atoms with E-state index >= 15 is 0 Å². The predicted molar refractivity (Wildman–Crippen MR) is 72.2 cm³/mol. The topological polar surface area (TPSA) is 36.9 Å². The van der Waals surface area contributed by atoms with Crippen LogP contribution in [0.3, 0.4) is 0 Å². The van der Waals surface area contributed by atoms with Crippen LogP contribution in [0.2, 0.25) is 0 Å². The summed E-state index contributed by atoms with van der Waals surface area (Å²) >= 11 is 0. The fourth-order valence-electron chi connectivity index (χ4n) is 2.49. The second kappa shape index (κ2) is 3.60. The molecule has 2 aliphatic rings. The first kappa shape index (κ1) is 11.5. The minimum atomic E-state index is -1.05. The minimum absolute atomic E-state index is 0.694. The SMILES string of the molecule is CC1(C2(C)Oc3ccccc3O2)Oc2ccccc2O1. The van der Waals surface area contributed by atoms with Crippen LogP contribution in [-0.2, 0) is 0 Å². The molecule has 0 unspecified atom stereocenters. The zero-order valence-electron chi connectivity index (χ0n) is 11.3. The maximum absolute atomic E-state index is 5.94. The van der Waals surface area contributed by atoms with Crippen LogP contribution in [0.25, 0.3) is 0 Å². The quantitative estimate of drug-likeness (QED) is 0.796. The Morgan fingerprint density at radius 1 is 0.550 bits per heavy atom. The number of hydrogen-bond donors (Lipinski definition) is 0. The van der Waals surface area contributed by atoms with Gasteiger partial charge in [0.1, 0.15) is 0 Å². The van der Waals surface area contributed by atoms with Crippen LogP contribution >= 0.6 is 0 Å². The smallest absolute Gasteiger partial charge is 0.326 e. The molecule has 4 rings (SSSR count). The van der Waals surface area contributed by atoms with Crippen LogP contribution in [0.1, 0.15) is 13.8 Å². The first-order chi connectivity index (χ1) is 9.60. The maximum Gasteiger partial charge on any atom is 0.326 e. The Balaban J connectivity index is 1.70. The highest BCUT2D eigenvalue weighted by molar-refractivity contribution is 5.46. The molecular weight excluding hydrogens is 256 g/mol. The Bertz CT molecular complexity index is 570. The van der Waals surface area contributed by atoms with Crippen molar-refractivity contribution in [3.05, 3.63) is 48.5 Å². The summed E-state index contributed by atoms with van der Waals surface area (Å²) in [6.07, 6.45) is 0. The fraction of sp³-hybridized carbons (Fsp3) is 0.250. The van der Waals surface area contributed by atoms with Crippen molar-refractivity contribution in [1.29, 1.82) is 0 Å². The summed E-state index contributed by atoms with van der Waals surface area (Å²) in [5, 5.41) is 0. The molecule has 0 N–H and O–H groups in total. The molecule has 0 atom stereocenters. The summed E-state index contributed by atoms with van der Waals surface area (Å²) in [7, 11) is 0. The van der Waals surface area contributed by atoms with Crippen LogP contribution in [0, 0.1) is 0 Å². The van der Waals surface area contributed by atoms with Gasteiger partial charge in [-0.1, -0.05) is 24.3 Å². The highest BCUT2D eigenvalue weighted by Crippen LogP contribution is 2.49. The Morgan fingerprint density at radius 2 is 0.800 bits per heavy atom. The molecule has 0 amide bonds. The molecule has 4 heteroatoms. The second-order valence-electron chi connectivity index (χ2n) is 5.19. The average molecular weight is 270 g/mol. The van der Waals surface area contributed by atoms with Crippen molar-refractivity contribution >= 4 is 0 Å². The lowest BCUT2D eigenvalue weighted by molar-refractivity contribution is -0.257. The van der Waals surface area contributed by atoms with Gasteiger partial charge in [-0.25, -0.2) is 0 Å². The van der Waals surface area contributed by atoms with Gasteiger partial charge in [-0.3, -0.25) is 0 Å². The van der Waals surface area contributed by atoms with E-state index < -0.39 is 11.6 Å². The molecular formula is C16H14O4. The van der Waals surface area contributed by atoms with E-state index in [1.165, 1.54) is 0 Å². The van der Waals surface area contributed by atoms with Crippen LogP contribution in [0.4, 0.5) is 0 Å². The van der Waals surface area contributed by atoms with Gasteiger partial charge in [0.05, 0.1) is 0 Å². The van der Waals surface area contributed by atoms with E-state index in [2.05, 4.69) is 0 Å². The van der Waals surface area contributed by atoms with Crippen molar-refractivity contribution in [2.24, 2.45) is 0 Å². The van der Waals surface area contributed by atoms with Crippen molar-refractivity contribution in [2.45, 2.75) is 25.4 Å². The summed E-state index contributed by atoms with van der Waals surface area (Å²) in [4.78, 5) is 0. The molecule has 20 heavy (non-hydrogen) atoms. The van der Waals surface area contributed by atoms with Crippen LogP contribution in [-0.4, -0.2) is 11.6 Å². The summed E-state index contributed by atoms with van der Waals surface area (Å²) in [6.45, 7) is 3.64. The first-order valence-corrected chi connectivity index (χ1v) is 6.54. The summed E-state index contributed by atoms with van der Waals surface area (Å²) in [6, 6.07) is 15.1. The van der Waals surface area contributed by atoms with Crippen LogP contribution < -0.4 is 18.9 Å². The zero-order chi connectivity index (χ0) is 13.8. The molecule has 2 aromatic rings. The standard InChI is InChI=1S/C16H14O4/c1-15(17-11-7-3-4-8-12(11)18-15)16(2)19-13-9-5-6-10-14(13)20-16/h3-10H,1-2H3. The van der Waals surface area contributed by atoms with Gasteiger partial charge in [0.25, 0.3) is 0 Å². The Kier molecular flexibility index (Phi) is 2.06. The molecule has 4 nitrogen and oxygen atoms in total. The third kappa shape index (κ3) is 1.42. The third-order valence-corrected chi connectivity index (χ3v) is 3.74. The minimum Gasteiger partial charge on any atom is -0.442 e. The van der Waals surface area contributed by atoms with E-state index in [1.54, 1.807) is 0 Å². The van der Waals surface area contributed by atoms with Gasteiger partial charge in [0, 0.05) is 13.8 Å². The molecule has 0 fully saturated rings. The molecule has 0 saturated heterocycles. The number of rotatable bonds is 1. The largest absolute Gasteiger partial charge is 0.442 e. The van der Waals surface area contributed by atoms with Crippen molar-refractivity contribution < 1.29 is 18.9 Å².